The fourth-order valence-corrected chi connectivity index (χ4v) is 3.49. The molecule has 1 aromatic carbocycles. The van der Waals surface area contributed by atoms with E-state index in [0.29, 0.717) is 17.1 Å². The number of nitrogens with one attached hydrogen (secondary N) is 1. The Balaban J connectivity index is 1.72. The van der Waals surface area contributed by atoms with Crippen molar-refractivity contribution in [3.8, 4) is 0 Å². The summed E-state index contributed by atoms with van der Waals surface area (Å²) in [5.41, 5.74) is 1.81. The Hall–Kier alpha value is -1.82. The van der Waals surface area contributed by atoms with E-state index in [1.165, 1.54) is 5.69 Å². The number of carbonyl (C=O) groups is 1. The summed E-state index contributed by atoms with van der Waals surface area (Å²) in [6, 6.07) is 11.4. The van der Waals surface area contributed by atoms with Gasteiger partial charge >= 0.3 is 0 Å². The van der Waals surface area contributed by atoms with Crippen LogP contribution in [0, 0.1) is 0 Å². The number of carbonyl (C=O) groups excluding carboxylic acids is 1. The lowest BCUT2D eigenvalue weighted by atomic mass is 10.1. The third-order valence-corrected chi connectivity index (χ3v) is 5.08. The summed E-state index contributed by atoms with van der Waals surface area (Å²) in [5.74, 6) is -0.0872. The molecule has 0 bridgehead atoms. The van der Waals surface area contributed by atoms with E-state index in [-0.39, 0.29) is 11.9 Å². The van der Waals surface area contributed by atoms with E-state index in [1.54, 1.807) is 24.3 Å². The summed E-state index contributed by atoms with van der Waals surface area (Å²) >= 11 is 5.99. The quantitative estimate of drug-likeness (QED) is 0.890. The van der Waals surface area contributed by atoms with Gasteiger partial charge in [0, 0.05) is 62.2 Å². The van der Waals surface area contributed by atoms with Crippen molar-refractivity contribution >= 4 is 17.5 Å². The molecule has 1 atom stereocenters. The van der Waals surface area contributed by atoms with Crippen LogP contribution in [0.4, 0.5) is 0 Å². The minimum absolute atomic E-state index is 0.0872. The van der Waals surface area contributed by atoms with Gasteiger partial charge in [0.15, 0.2) is 0 Å². The summed E-state index contributed by atoms with van der Waals surface area (Å²) in [6.45, 7) is 4.66. The SMILES string of the molecule is CN1CCN(C(CNC(=O)c2cccc(Cl)c2)c2cccn2C)CC1. The predicted molar refractivity (Wildman–Crippen MR) is 101 cm³/mol. The first-order chi connectivity index (χ1) is 12.0. The van der Waals surface area contributed by atoms with Crippen LogP contribution >= 0.6 is 11.6 Å². The lowest BCUT2D eigenvalue weighted by Gasteiger charge is -2.38. The number of amides is 1. The van der Waals surface area contributed by atoms with Crippen LogP contribution in [0.15, 0.2) is 42.6 Å². The second-order valence-corrected chi connectivity index (χ2v) is 7.06. The largest absolute Gasteiger partial charge is 0.353 e. The summed E-state index contributed by atoms with van der Waals surface area (Å²) in [7, 11) is 4.20. The van der Waals surface area contributed by atoms with Gasteiger partial charge in [0.25, 0.3) is 5.91 Å². The van der Waals surface area contributed by atoms with Crippen LogP contribution in [0.25, 0.3) is 0 Å². The first kappa shape index (κ1) is 18.0. The maximum Gasteiger partial charge on any atom is 0.251 e. The second kappa shape index (κ2) is 8.04. The first-order valence-electron chi connectivity index (χ1n) is 8.62. The zero-order valence-electron chi connectivity index (χ0n) is 14.8. The monoisotopic (exact) mass is 360 g/mol. The van der Waals surface area contributed by atoms with Crippen LogP contribution in [-0.4, -0.2) is 60.0 Å². The molecule has 1 amide bonds. The van der Waals surface area contributed by atoms with Gasteiger partial charge < -0.3 is 14.8 Å². The number of rotatable bonds is 5. The number of aromatic nitrogens is 1. The van der Waals surface area contributed by atoms with Gasteiger partial charge in [-0.2, -0.15) is 0 Å². The van der Waals surface area contributed by atoms with Crippen LogP contribution in [-0.2, 0) is 7.05 Å². The van der Waals surface area contributed by atoms with Crippen molar-refractivity contribution in [3.63, 3.8) is 0 Å². The maximum atomic E-state index is 12.5. The lowest BCUT2D eigenvalue weighted by Crippen LogP contribution is -2.48. The van der Waals surface area contributed by atoms with Crippen molar-refractivity contribution in [1.82, 2.24) is 19.7 Å². The van der Waals surface area contributed by atoms with Gasteiger partial charge in [-0.1, -0.05) is 17.7 Å². The third-order valence-electron chi connectivity index (χ3n) is 4.85. The van der Waals surface area contributed by atoms with Gasteiger partial charge in [0.05, 0.1) is 6.04 Å². The molecule has 3 rings (SSSR count). The number of nitrogens with zero attached hydrogens (tertiary/aromatic N) is 3. The van der Waals surface area contributed by atoms with Crippen LogP contribution in [0.3, 0.4) is 0 Å². The van der Waals surface area contributed by atoms with E-state index in [9.17, 15) is 4.79 Å². The predicted octanol–water partition coefficient (Wildman–Crippen LogP) is 2.40. The van der Waals surface area contributed by atoms with E-state index in [1.807, 2.05) is 0 Å². The third kappa shape index (κ3) is 4.42. The summed E-state index contributed by atoms with van der Waals surface area (Å²) < 4.78 is 2.13. The molecule has 1 fully saturated rings. The molecule has 1 saturated heterocycles. The Labute approximate surface area is 154 Å². The Morgan fingerprint density at radius 1 is 1.16 bits per heavy atom. The zero-order chi connectivity index (χ0) is 17.8. The number of piperazine rings is 1. The molecule has 0 aliphatic carbocycles. The van der Waals surface area contributed by atoms with Gasteiger partial charge in [0.2, 0.25) is 0 Å². The molecule has 0 spiro atoms. The Bertz CT molecular complexity index is 722. The molecule has 0 saturated carbocycles. The number of aryl methyl sites for hydroxylation is 1. The summed E-state index contributed by atoms with van der Waals surface area (Å²) in [6.07, 6.45) is 2.05. The lowest BCUT2D eigenvalue weighted by molar-refractivity contribution is 0.0877. The fraction of sp³-hybridized carbons (Fsp3) is 0.421. The summed E-state index contributed by atoms with van der Waals surface area (Å²) in [5, 5.41) is 3.66. The highest BCUT2D eigenvalue weighted by atomic mass is 35.5. The molecule has 1 N–H and O–H groups in total. The van der Waals surface area contributed by atoms with Crippen LogP contribution in [0.5, 0.6) is 0 Å². The molecule has 1 unspecified atom stereocenters. The number of hydrogen-bond acceptors (Lipinski definition) is 3. The smallest absolute Gasteiger partial charge is 0.251 e. The van der Waals surface area contributed by atoms with Gasteiger partial charge in [-0.05, 0) is 37.4 Å². The molecule has 1 aromatic heterocycles. The molecule has 134 valence electrons. The van der Waals surface area contributed by atoms with Gasteiger partial charge in [0.1, 0.15) is 0 Å². The Morgan fingerprint density at radius 3 is 2.56 bits per heavy atom. The molecule has 1 aliphatic rings. The Morgan fingerprint density at radius 2 is 1.92 bits per heavy atom. The molecule has 6 heteroatoms. The Kier molecular flexibility index (Phi) is 5.78. The normalized spacial score (nSPS) is 17.4. The molecule has 2 heterocycles. The average Bonchev–Trinajstić information content (AvgIpc) is 3.02. The van der Waals surface area contributed by atoms with Gasteiger partial charge in [-0.15, -0.1) is 0 Å². The standard InChI is InChI=1S/C19H25ClN4O/c1-22-9-11-24(12-10-22)18(17-7-4-8-23(17)2)14-21-19(25)15-5-3-6-16(20)13-15/h3-8,13,18H,9-12,14H2,1-2H3,(H,21,25). The fourth-order valence-electron chi connectivity index (χ4n) is 3.30. The van der Waals surface area contributed by atoms with Crippen LogP contribution in [0.1, 0.15) is 22.1 Å². The van der Waals surface area contributed by atoms with Crippen molar-refractivity contribution in [1.29, 1.82) is 0 Å². The maximum absolute atomic E-state index is 12.5. The van der Waals surface area contributed by atoms with Gasteiger partial charge in [-0.25, -0.2) is 0 Å². The van der Waals surface area contributed by atoms with E-state index < -0.39 is 0 Å². The number of halogens is 1. The second-order valence-electron chi connectivity index (χ2n) is 6.62. The summed E-state index contributed by atoms with van der Waals surface area (Å²) in [4.78, 5) is 17.3. The van der Waals surface area contributed by atoms with E-state index in [4.69, 9.17) is 11.6 Å². The highest BCUT2D eigenvalue weighted by Gasteiger charge is 2.26. The van der Waals surface area contributed by atoms with Crippen molar-refractivity contribution < 1.29 is 4.79 Å². The van der Waals surface area contributed by atoms with Crippen molar-refractivity contribution in [2.45, 2.75) is 6.04 Å². The number of hydrogen-bond donors (Lipinski definition) is 1. The van der Waals surface area contributed by atoms with Gasteiger partial charge in [-0.3, -0.25) is 9.69 Å². The first-order valence-corrected chi connectivity index (χ1v) is 9.00. The van der Waals surface area contributed by atoms with Crippen molar-refractivity contribution in [2.75, 3.05) is 39.8 Å². The van der Waals surface area contributed by atoms with Crippen LogP contribution < -0.4 is 5.32 Å². The highest BCUT2D eigenvalue weighted by Crippen LogP contribution is 2.22. The van der Waals surface area contributed by atoms with Crippen LogP contribution in [0.2, 0.25) is 5.02 Å². The zero-order valence-corrected chi connectivity index (χ0v) is 15.5. The van der Waals surface area contributed by atoms with Crippen molar-refractivity contribution in [3.05, 3.63) is 58.9 Å². The molecular weight excluding hydrogens is 336 g/mol. The topological polar surface area (TPSA) is 40.5 Å². The molecule has 1 aliphatic heterocycles. The molecule has 0 radical (unpaired) electrons. The van der Waals surface area contributed by atoms with E-state index in [0.717, 1.165) is 26.2 Å². The van der Waals surface area contributed by atoms with E-state index in [2.05, 4.69) is 52.1 Å². The molecule has 25 heavy (non-hydrogen) atoms. The minimum atomic E-state index is -0.0872. The van der Waals surface area contributed by atoms with E-state index >= 15 is 0 Å². The molecule has 2 aromatic rings. The number of likely N-dealkylation sites (N-methyl/N-ethyl adjacent to an activating group) is 1. The number of benzene rings is 1. The van der Waals surface area contributed by atoms with Crippen molar-refractivity contribution in [2.24, 2.45) is 7.05 Å². The molecular formula is C19H25ClN4O. The highest BCUT2D eigenvalue weighted by molar-refractivity contribution is 6.30. The molecule has 5 nitrogen and oxygen atoms in total. The average molecular weight is 361 g/mol. The minimum Gasteiger partial charge on any atom is -0.353 e.